The molecule has 1 aromatic carbocycles. The SMILES string of the molecule is CC(=O)OCC1=C[C@H]2[C@@H]3C(C)(C)[C@]3(OC(=O)Cc3ccc(O)cc3)C[C@@H](C)[C@]2(O)[C@H]2C=C(C)C(=O)[C@@]2(O)C1. The average molecular weight is 525 g/mol. The predicted octanol–water partition coefficient (Wildman–Crippen LogP) is 3.03. The van der Waals surface area contributed by atoms with E-state index in [0.29, 0.717) is 23.1 Å². The first-order valence-corrected chi connectivity index (χ1v) is 13.2. The molecule has 7 atom stereocenters. The van der Waals surface area contributed by atoms with Crippen molar-refractivity contribution in [2.24, 2.45) is 29.1 Å². The molecule has 0 amide bonds. The molecule has 0 unspecified atom stereocenters. The first kappa shape index (κ1) is 26.6. The Morgan fingerprint density at radius 3 is 2.39 bits per heavy atom. The van der Waals surface area contributed by atoms with E-state index < -0.39 is 57.7 Å². The fourth-order valence-electron chi connectivity index (χ4n) is 7.80. The van der Waals surface area contributed by atoms with Crippen LogP contribution < -0.4 is 0 Å². The van der Waals surface area contributed by atoms with Crippen molar-refractivity contribution in [3.05, 3.63) is 53.1 Å². The number of Topliss-reactive ketones (excluding diaryl/α,β-unsaturated/α-hetero) is 1. The van der Waals surface area contributed by atoms with Gasteiger partial charge in [-0.25, -0.2) is 0 Å². The van der Waals surface area contributed by atoms with Gasteiger partial charge in [-0.15, -0.1) is 0 Å². The fourth-order valence-corrected chi connectivity index (χ4v) is 7.80. The molecule has 204 valence electrons. The number of hydrogen-bond acceptors (Lipinski definition) is 8. The highest BCUT2D eigenvalue weighted by atomic mass is 16.6. The normalized spacial score (nSPS) is 38.6. The van der Waals surface area contributed by atoms with Crippen LogP contribution in [0.15, 0.2) is 47.6 Å². The summed E-state index contributed by atoms with van der Waals surface area (Å²) in [7, 11) is 0. The molecule has 38 heavy (non-hydrogen) atoms. The van der Waals surface area contributed by atoms with Gasteiger partial charge in [0, 0.05) is 36.5 Å². The molecule has 3 N–H and O–H groups in total. The maximum Gasteiger partial charge on any atom is 0.310 e. The second kappa shape index (κ2) is 8.52. The quantitative estimate of drug-likeness (QED) is 0.396. The molecule has 0 bridgehead atoms. The second-order valence-corrected chi connectivity index (χ2v) is 12.3. The molecule has 2 fully saturated rings. The first-order chi connectivity index (χ1) is 17.7. The number of phenolic OH excluding ortho intramolecular Hbond substituents is 1. The van der Waals surface area contributed by atoms with Gasteiger partial charge in [-0.3, -0.25) is 14.4 Å². The monoisotopic (exact) mass is 524 g/mol. The van der Waals surface area contributed by atoms with Crippen LogP contribution in [0.25, 0.3) is 0 Å². The predicted molar refractivity (Wildman–Crippen MR) is 137 cm³/mol. The van der Waals surface area contributed by atoms with Crippen molar-refractivity contribution < 1.29 is 39.2 Å². The fraction of sp³-hybridized carbons (Fsp3) is 0.567. The molecule has 0 aromatic heterocycles. The van der Waals surface area contributed by atoms with Crippen LogP contribution in [-0.2, 0) is 30.3 Å². The summed E-state index contributed by atoms with van der Waals surface area (Å²) in [5, 5.41) is 33.8. The molecule has 4 aliphatic carbocycles. The third-order valence-corrected chi connectivity index (χ3v) is 9.71. The molecule has 0 aliphatic heterocycles. The van der Waals surface area contributed by atoms with Crippen LogP contribution in [0.4, 0.5) is 0 Å². The van der Waals surface area contributed by atoms with Crippen LogP contribution in [0.3, 0.4) is 0 Å². The van der Waals surface area contributed by atoms with E-state index in [1.165, 1.54) is 19.1 Å². The van der Waals surface area contributed by atoms with E-state index in [-0.39, 0.29) is 31.1 Å². The lowest BCUT2D eigenvalue weighted by Gasteiger charge is -2.50. The van der Waals surface area contributed by atoms with Crippen LogP contribution >= 0.6 is 0 Å². The van der Waals surface area contributed by atoms with Crippen molar-refractivity contribution in [3.63, 3.8) is 0 Å². The number of hydrogen-bond donors (Lipinski definition) is 3. The maximum absolute atomic E-state index is 13.2. The van der Waals surface area contributed by atoms with Crippen molar-refractivity contribution in [1.29, 1.82) is 0 Å². The van der Waals surface area contributed by atoms with Crippen molar-refractivity contribution in [3.8, 4) is 5.75 Å². The van der Waals surface area contributed by atoms with Gasteiger partial charge in [0.05, 0.1) is 12.0 Å². The van der Waals surface area contributed by atoms with E-state index in [2.05, 4.69) is 0 Å². The number of aliphatic hydroxyl groups is 2. The number of aromatic hydroxyl groups is 1. The molecule has 5 rings (SSSR count). The van der Waals surface area contributed by atoms with E-state index in [1.54, 1.807) is 25.1 Å². The Bertz CT molecular complexity index is 1260. The number of ketones is 1. The Kier molecular flexibility index (Phi) is 5.97. The van der Waals surface area contributed by atoms with Crippen LogP contribution in [0.5, 0.6) is 5.75 Å². The van der Waals surface area contributed by atoms with Gasteiger partial charge in [-0.05, 0) is 48.1 Å². The number of fused-ring (bicyclic) bond motifs is 5. The standard InChI is InChI=1S/C30H36O8/c1-16-10-23-28(35,26(16)34)14-20(15-37-18(3)31)11-22-25-27(4,5)29(25,13-17(2)30(22,23)36)38-24(33)12-19-6-8-21(32)9-7-19/h6-11,17,22-23,25,32,35-36H,12-15H2,1-5H3/t17-,22+,23+,25-,28-,29+,30-/m1/s1. The van der Waals surface area contributed by atoms with Crippen LogP contribution in [0.2, 0.25) is 0 Å². The highest BCUT2D eigenvalue weighted by Crippen LogP contribution is 2.76. The largest absolute Gasteiger partial charge is 0.508 e. The van der Waals surface area contributed by atoms with Crippen LogP contribution in [0.1, 0.15) is 53.0 Å². The molecule has 8 nitrogen and oxygen atoms in total. The Balaban J connectivity index is 1.53. The Morgan fingerprint density at radius 2 is 1.76 bits per heavy atom. The molecule has 8 heteroatoms. The minimum absolute atomic E-state index is 0.0422. The van der Waals surface area contributed by atoms with Crippen LogP contribution in [0, 0.1) is 29.1 Å². The zero-order valence-electron chi connectivity index (χ0n) is 22.5. The number of carbonyl (C=O) groups is 3. The van der Waals surface area contributed by atoms with Crippen molar-refractivity contribution >= 4 is 17.7 Å². The summed E-state index contributed by atoms with van der Waals surface area (Å²) in [5.74, 6) is -3.31. The summed E-state index contributed by atoms with van der Waals surface area (Å²) < 4.78 is 11.5. The molecule has 1 aromatic rings. The van der Waals surface area contributed by atoms with Crippen LogP contribution in [-0.4, -0.2) is 56.5 Å². The van der Waals surface area contributed by atoms with Gasteiger partial charge in [0.25, 0.3) is 0 Å². The van der Waals surface area contributed by atoms with Gasteiger partial charge in [0.15, 0.2) is 5.78 Å². The van der Waals surface area contributed by atoms with Crippen molar-refractivity contribution in [1.82, 2.24) is 0 Å². The lowest BCUT2D eigenvalue weighted by Crippen LogP contribution is -2.61. The number of esters is 2. The maximum atomic E-state index is 13.2. The number of rotatable bonds is 5. The minimum Gasteiger partial charge on any atom is -0.508 e. The number of ether oxygens (including phenoxy) is 2. The summed E-state index contributed by atoms with van der Waals surface area (Å²) in [5.41, 5.74) is -2.98. The van der Waals surface area contributed by atoms with Gasteiger partial charge in [-0.1, -0.05) is 45.1 Å². The second-order valence-electron chi connectivity index (χ2n) is 12.3. The topological polar surface area (TPSA) is 130 Å². The molecule has 0 saturated heterocycles. The average Bonchev–Trinajstić information content (AvgIpc) is 3.23. The van der Waals surface area contributed by atoms with E-state index in [1.807, 2.05) is 26.8 Å². The van der Waals surface area contributed by atoms with Gasteiger partial charge < -0.3 is 24.8 Å². The van der Waals surface area contributed by atoms with Gasteiger partial charge in [-0.2, -0.15) is 0 Å². The molecule has 0 spiro atoms. The summed E-state index contributed by atoms with van der Waals surface area (Å²) in [4.78, 5) is 37.9. The van der Waals surface area contributed by atoms with Crippen molar-refractivity contribution in [2.75, 3.05) is 6.61 Å². The number of benzene rings is 1. The molecule has 4 aliphatic rings. The number of carbonyl (C=O) groups excluding carboxylic acids is 3. The molecule has 0 radical (unpaired) electrons. The van der Waals surface area contributed by atoms with Gasteiger partial charge in [0.2, 0.25) is 0 Å². The zero-order chi connectivity index (χ0) is 27.8. The van der Waals surface area contributed by atoms with E-state index in [4.69, 9.17) is 9.47 Å². The Labute approximate surface area is 222 Å². The summed E-state index contributed by atoms with van der Waals surface area (Å²) >= 11 is 0. The minimum atomic E-state index is -1.84. The molecular weight excluding hydrogens is 488 g/mol. The molecule has 2 saturated carbocycles. The van der Waals surface area contributed by atoms with Gasteiger partial charge in [0.1, 0.15) is 23.6 Å². The Hall–Kier alpha value is -2.97. The van der Waals surface area contributed by atoms with E-state index in [0.717, 1.165) is 0 Å². The summed E-state index contributed by atoms with van der Waals surface area (Å²) in [6.07, 6.45) is 3.91. The zero-order valence-corrected chi connectivity index (χ0v) is 22.5. The highest BCUT2D eigenvalue weighted by molar-refractivity contribution is 6.04. The summed E-state index contributed by atoms with van der Waals surface area (Å²) in [6, 6.07) is 6.39. The smallest absolute Gasteiger partial charge is 0.310 e. The number of phenols is 1. The molecular formula is C30H36O8. The van der Waals surface area contributed by atoms with E-state index in [9.17, 15) is 29.7 Å². The van der Waals surface area contributed by atoms with Crippen molar-refractivity contribution in [2.45, 2.75) is 70.7 Å². The Morgan fingerprint density at radius 1 is 1.11 bits per heavy atom. The third-order valence-electron chi connectivity index (χ3n) is 9.71. The van der Waals surface area contributed by atoms with Gasteiger partial charge >= 0.3 is 11.9 Å². The summed E-state index contributed by atoms with van der Waals surface area (Å²) in [6.45, 7) is 8.75. The highest BCUT2D eigenvalue weighted by Gasteiger charge is 2.83. The lowest BCUT2D eigenvalue weighted by molar-refractivity contribution is -0.186. The first-order valence-electron chi connectivity index (χ1n) is 13.2. The lowest BCUT2D eigenvalue weighted by atomic mass is 9.60. The van der Waals surface area contributed by atoms with E-state index >= 15 is 0 Å². The molecule has 0 heterocycles. The third kappa shape index (κ3) is 3.67.